The molecule has 0 atom stereocenters. The van der Waals surface area contributed by atoms with Crippen molar-refractivity contribution >= 4 is 34.5 Å². The van der Waals surface area contributed by atoms with Crippen LogP contribution in [0, 0.1) is 6.92 Å². The summed E-state index contributed by atoms with van der Waals surface area (Å²) >= 11 is 7.37. The van der Waals surface area contributed by atoms with Crippen LogP contribution >= 0.6 is 22.9 Å². The summed E-state index contributed by atoms with van der Waals surface area (Å²) in [6.45, 7) is 2.01. The van der Waals surface area contributed by atoms with Crippen molar-refractivity contribution in [3.63, 3.8) is 0 Å². The van der Waals surface area contributed by atoms with Gasteiger partial charge in [0, 0.05) is 21.7 Å². The first-order chi connectivity index (χ1) is 11.1. The van der Waals surface area contributed by atoms with E-state index in [0.717, 1.165) is 27.5 Å². The topological polar surface area (TPSA) is 42.0 Å². The molecular formula is C18H15ClN2OS. The zero-order valence-electron chi connectivity index (χ0n) is 12.5. The second kappa shape index (κ2) is 6.94. The van der Waals surface area contributed by atoms with E-state index in [2.05, 4.69) is 10.3 Å². The number of aryl methyl sites for hydroxylation is 1. The molecular weight excluding hydrogens is 328 g/mol. The van der Waals surface area contributed by atoms with Gasteiger partial charge in [0.2, 0.25) is 5.91 Å². The summed E-state index contributed by atoms with van der Waals surface area (Å²) < 4.78 is 0. The molecule has 2 aromatic carbocycles. The summed E-state index contributed by atoms with van der Waals surface area (Å²) in [5.41, 5.74) is 3.83. The number of carbonyl (C=O) groups excluding carboxylic acids is 1. The molecule has 23 heavy (non-hydrogen) atoms. The second-order valence-corrected chi connectivity index (χ2v) is 6.60. The lowest BCUT2D eigenvalue weighted by atomic mass is 10.2. The van der Waals surface area contributed by atoms with Gasteiger partial charge in [-0.2, -0.15) is 0 Å². The van der Waals surface area contributed by atoms with Crippen molar-refractivity contribution in [2.45, 2.75) is 13.3 Å². The molecule has 0 aliphatic rings. The third-order valence-corrected chi connectivity index (χ3v) is 4.44. The fourth-order valence-corrected chi connectivity index (χ4v) is 3.05. The van der Waals surface area contributed by atoms with Gasteiger partial charge in [0.15, 0.2) is 0 Å². The van der Waals surface area contributed by atoms with Crippen molar-refractivity contribution in [3.05, 3.63) is 69.5 Å². The first-order valence-electron chi connectivity index (χ1n) is 7.17. The number of aromatic nitrogens is 1. The largest absolute Gasteiger partial charge is 0.326 e. The van der Waals surface area contributed by atoms with Crippen molar-refractivity contribution in [3.8, 4) is 11.3 Å². The Balaban J connectivity index is 1.65. The summed E-state index contributed by atoms with van der Waals surface area (Å²) in [6.07, 6.45) is 0.270. The Kier molecular flexibility index (Phi) is 4.74. The van der Waals surface area contributed by atoms with Crippen LogP contribution in [-0.4, -0.2) is 10.9 Å². The van der Waals surface area contributed by atoms with E-state index in [1.54, 1.807) is 0 Å². The number of nitrogens with zero attached hydrogens (tertiary/aromatic N) is 1. The summed E-state index contributed by atoms with van der Waals surface area (Å²) in [7, 11) is 0. The van der Waals surface area contributed by atoms with Crippen LogP contribution in [0.4, 0.5) is 5.69 Å². The molecule has 0 spiro atoms. The Bertz CT molecular complexity index is 810. The predicted octanol–water partition coefficient (Wildman–Crippen LogP) is 4.95. The van der Waals surface area contributed by atoms with E-state index in [9.17, 15) is 4.79 Å². The van der Waals surface area contributed by atoms with Gasteiger partial charge in [-0.05, 0) is 31.2 Å². The molecule has 116 valence electrons. The van der Waals surface area contributed by atoms with E-state index in [1.165, 1.54) is 11.3 Å². The van der Waals surface area contributed by atoms with Gasteiger partial charge in [-0.3, -0.25) is 4.79 Å². The minimum Gasteiger partial charge on any atom is -0.326 e. The fraction of sp³-hybridized carbons (Fsp3) is 0.111. The van der Waals surface area contributed by atoms with Crippen LogP contribution in [0.1, 0.15) is 10.6 Å². The summed E-state index contributed by atoms with van der Waals surface area (Å²) in [4.78, 5) is 16.6. The SMILES string of the molecule is Cc1ccc(NC(=O)Cc2nc(-c3ccc(Cl)cc3)cs2)cc1. The zero-order valence-corrected chi connectivity index (χ0v) is 14.1. The Morgan fingerprint density at radius 2 is 1.83 bits per heavy atom. The van der Waals surface area contributed by atoms with Gasteiger partial charge in [-0.15, -0.1) is 11.3 Å². The minimum absolute atomic E-state index is 0.0640. The van der Waals surface area contributed by atoms with E-state index >= 15 is 0 Å². The Morgan fingerprint density at radius 3 is 2.52 bits per heavy atom. The molecule has 0 aliphatic carbocycles. The number of halogens is 1. The van der Waals surface area contributed by atoms with Crippen LogP contribution in [0.15, 0.2) is 53.9 Å². The summed E-state index contributed by atoms with van der Waals surface area (Å²) in [5, 5.41) is 6.33. The summed E-state index contributed by atoms with van der Waals surface area (Å²) in [5.74, 6) is -0.0640. The standard InChI is InChI=1S/C18H15ClN2OS/c1-12-2-8-15(9-3-12)20-17(22)10-18-21-16(11-23-18)13-4-6-14(19)7-5-13/h2-9,11H,10H2,1H3,(H,20,22). The Morgan fingerprint density at radius 1 is 1.13 bits per heavy atom. The van der Waals surface area contributed by atoms with Crippen LogP contribution in [0.25, 0.3) is 11.3 Å². The minimum atomic E-state index is -0.0640. The number of hydrogen-bond donors (Lipinski definition) is 1. The Labute approximate surface area is 144 Å². The molecule has 0 saturated carbocycles. The molecule has 3 nitrogen and oxygen atoms in total. The van der Waals surface area contributed by atoms with E-state index in [4.69, 9.17) is 11.6 Å². The van der Waals surface area contributed by atoms with Gasteiger partial charge in [0.1, 0.15) is 5.01 Å². The smallest absolute Gasteiger partial charge is 0.231 e. The molecule has 1 aromatic heterocycles. The van der Waals surface area contributed by atoms with Crippen LogP contribution in [-0.2, 0) is 11.2 Å². The predicted molar refractivity (Wildman–Crippen MR) is 96.1 cm³/mol. The number of thiazole rings is 1. The molecule has 1 N–H and O–H groups in total. The van der Waals surface area contributed by atoms with Crippen LogP contribution < -0.4 is 5.32 Å². The molecule has 0 saturated heterocycles. The molecule has 0 bridgehead atoms. The summed E-state index contributed by atoms with van der Waals surface area (Å²) in [6, 6.07) is 15.2. The maximum Gasteiger partial charge on any atom is 0.231 e. The lowest BCUT2D eigenvalue weighted by molar-refractivity contribution is -0.115. The molecule has 0 aliphatic heterocycles. The number of amides is 1. The van der Waals surface area contributed by atoms with Crippen LogP contribution in [0.5, 0.6) is 0 Å². The van der Waals surface area contributed by atoms with Crippen molar-refractivity contribution < 1.29 is 4.79 Å². The first-order valence-corrected chi connectivity index (χ1v) is 8.43. The monoisotopic (exact) mass is 342 g/mol. The second-order valence-electron chi connectivity index (χ2n) is 5.22. The lowest BCUT2D eigenvalue weighted by Gasteiger charge is -2.04. The average molecular weight is 343 g/mol. The fourth-order valence-electron chi connectivity index (χ4n) is 2.12. The third-order valence-electron chi connectivity index (χ3n) is 3.34. The molecule has 3 rings (SSSR count). The van der Waals surface area contributed by atoms with Crippen molar-refractivity contribution in [2.24, 2.45) is 0 Å². The van der Waals surface area contributed by atoms with Crippen LogP contribution in [0.3, 0.4) is 0 Å². The lowest BCUT2D eigenvalue weighted by Crippen LogP contribution is -2.14. The van der Waals surface area contributed by atoms with E-state index in [-0.39, 0.29) is 12.3 Å². The molecule has 1 amide bonds. The number of nitrogens with one attached hydrogen (secondary N) is 1. The maximum absolute atomic E-state index is 12.1. The molecule has 3 aromatic rings. The van der Waals surface area contributed by atoms with Gasteiger partial charge >= 0.3 is 0 Å². The highest BCUT2D eigenvalue weighted by atomic mass is 35.5. The van der Waals surface area contributed by atoms with E-state index in [0.29, 0.717) is 5.02 Å². The van der Waals surface area contributed by atoms with Gasteiger partial charge in [-0.25, -0.2) is 4.98 Å². The van der Waals surface area contributed by atoms with Gasteiger partial charge in [0.05, 0.1) is 12.1 Å². The molecule has 0 unspecified atom stereocenters. The molecule has 0 fully saturated rings. The van der Waals surface area contributed by atoms with Gasteiger partial charge in [-0.1, -0.05) is 41.4 Å². The van der Waals surface area contributed by atoms with Crippen molar-refractivity contribution in [2.75, 3.05) is 5.32 Å². The van der Waals surface area contributed by atoms with Gasteiger partial charge < -0.3 is 5.32 Å². The normalized spacial score (nSPS) is 10.5. The van der Waals surface area contributed by atoms with Crippen LogP contribution in [0.2, 0.25) is 5.02 Å². The van der Waals surface area contributed by atoms with E-state index < -0.39 is 0 Å². The number of anilines is 1. The van der Waals surface area contributed by atoms with E-state index in [1.807, 2.05) is 60.8 Å². The third kappa shape index (κ3) is 4.18. The highest BCUT2D eigenvalue weighted by molar-refractivity contribution is 7.10. The average Bonchev–Trinajstić information content (AvgIpc) is 2.98. The molecule has 5 heteroatoms. The van der Waals surface area contributed by atoms with Crippen molar-refractivity contribution in [1.29, 1.82) is 0 Å². The van der Waals surface area contributed by atoms with Gasteiger partial charge in [0.25, 0.3) is 0 Å². The zero-order chi connectivity index (χ0) is 16.2. The highest BCUT2D eigenvalue weighted by Gasteiger charge is 2.09. The maximum atomic E-state index is 12.1. The molecule has 0 radical (unpaired) electrons. The number of hydrogen-bond acceptors (Lipinski definition) is 3. The quantitative estimate of drug-likeness (QED) is 0.728. The molecule has 1 heterocycles. The first kappa shape index (κ1) is 15.7. The number of rotatable bonds is 4. The van der Waals surface area contributed by atoms with Crippen molar-refractivity contribution in [1.82, 2.24) is 4.98 Å². The highest BCUT2D eigenvalue weighted by Crippen LogP contribution is 2.24. The number of carbonyl (C=O) groups is 1. The number of benzene rings is 2. The Hall–Kier alpha value is -2.17.